The number of piperazine rings is 1. The van der Waals surface area contributed by atoms with Gasteiger partial charge in [0.1, 0.15) is 0 Å². The second-order valence-corrected chi connectivity index (χ2v) is 8.18. The zero-order valence-electron chi connectivity index (χ0n) is 13.6. The van der Waals surface area contributed by atoms with Crippen LogP contribution in [0.2, 0.25) is 5.02 Å². The van der Waals surface area contributed by atoms with Crippen molar-refractivity contribution in [3.05, 3.63) is 29.3 Å². The van der Waals surface area contributed by atoms with Crippen LogP contribution < -0.4 is 0 Å². The van der Waals surface area contributed by atoms with Crippen LogP contribution >= 0.6 is 11.6 Å². The van der Waals surface area contributed by atoms with Gasteiger partial charge in [0.05, 0.1) is 10.9 Å². The predicted molar refractivity (Wildman–Crippen MR) is 89.9 cm³/mol. The highest BCUT2D eigenvalue weighted by atomic mass is 35.5. The average Bonchev–Trinajstić information content (AvgIpc) is 2.54. The molecule has 1 aliphatic rings. The van der Waals surface area contributed by atoms with Crippen molar-refractivity contribution in [1.29, 1.82) is 0 Å². The van der Waals surface area contributed by atoms with Crippen LogP contribution in [-0.4, -0.2) is 74.7 Å². The summed E-state index contributed by atoms with van der Waals surface area (Å²) in [7, 11) is -0.0672. The van der Waals surface area contributed by atoms with E-state index in [1.54, 1.807) is 31.1 Å². The van der Waals surface area contributed by atoms with Gasteiger partial charge in [0.25, 0.3) is 0 Å². The number of nitrogens with zero attached hydrogens (tertiary/aromatic N) is 3. The zero-order valence-corrected chi connectivity index (χ0v) is 15.1. The van der Waals surface area contributed by atoms with E-state index in [2.05, 4.69) is 0 Å². The van der Waals surface area contributed by atoms with Gasteiger partial charge >= 0.3 is 0 Å². The normalized spacial score (nSPS) is 18.6. The molecule has 1 aromatic rings. The Kier molecular flexibility index (Phi) is 5.67. The van der Waals surface area contributed by atoms with Crippen LogP contribution in [0.3, 0.4) is 0 Å². The molecular formula is C15H22ClN3O3S. The molecule has 8 heteroatoms. The minimum absolute atomic E-state index is 0.0269. The Labute approximate surface area is 142 Å². The first-order valence-corrected chi connectivity index (χ1v) is 9.26. The fourth-order valence-electron chi connectivity index (χ4n) is 2.62. The van der Waals surface area contributed by atoms with Crippen molar-refractivity contribution >= 4 is 27.5 Å². The van der Waals surface area contributed by atoms with Crippen molar-refractivity contribution in [1.82, 2.24) is 14.1 Å². The van der Waals surface area contributed by atoms with Crippen LogP contribution in [0.4, 0.5) is 0 Å². The van der Waals surface area contributed by atoms with Crippen LogP contribution in [0.1, 0.15) is 6.92 Å². The SMILES string of the molecule is C[C@@H](C(=O)N(C)C)N1CCN(S(=O)(=O)c2ccc(Cl)cc2)CC1. The molecule has 0 spiro atoms. The molecule has 1 atom stereocenters. The minimum atomic E-state index is -3.51. The highest BCUT2D eigenvalue weighted by molar-refractivity contribution is 7.89. The molecule has 23 heavy (non-hydrogen) atoms. The zero-order chi connectivity index (χ0) is 17.2. The van der Waals surface area contributed by atoms with Crippen LogP contribution in [0, 0.1) is 0 Å². The maximum atomic E-state index is 12.6. The molecule has 0 N–H and O–H groups in total. The fraction of sp³-hybridized carbons (Fsp3) is 0.533. The topological polar surface area (TPSA) is 60.9 Å². The third-order valence-corrected chi connectivity index (χ3v) is 6.24. The van der Waals surface area contributed by atoms with Crippen molar-refractivity contribution in [2.75, 3.05) is 40.3 Å². The summed E-state index contributed by atoms with van der Waals surface area (Å²) in [6.07, 6.45) is 0. The molecule has 1 heterocycles. The molecule has 2 rings (SSSR count). The van der Waals surface area contributed by atoms with Crippen LogP contribution in [0.25, 0.3) is 0 Å². The third kappa shape index (κ3) is 4.03. The van der Waals surface area contributed by atoms with Crippen LogP contribution in [0.15, 0.2) is 29.2 Å². The van der Waals surface area contributed by atoms with E-state index in [1.165, 1.54) is 16.4 Å². The Balaban J connectivity index is 2.04. The number of rotatable bonds is 4. The molecule has 0 unspecified atom stereocenters. The summed E-state index contributed by atoms with van der Waals surface area (Å²) in [6, 6.07) is 5.93. The molecule has 1 aliphatic heterocycles. The molecule has 1 saturated heterocycles. The highest BCUT2D eigenvalue weighted by Crippen LogP contribution is 2.20. The maximum Gasteiger partial charge on any atom is 0.243 e. The van der Waals surface area contributed by atoms with E-state index in [9.17, 15) is 13.2 Å². The lowest BCUT2D eigenvalue weighted by molar-refractivity contribution is -0.134. The van der Waals surface area contributed by atoms with Gasteiger partial charge in [0.2, 0.25) is 15.9 Å². The Morgan fingerprint density at radius 2 is 1.65 bits per heavy atom. The maximum absolute atomic E-state index is 12.6. The monoisotopic (exact) mass is 359 g/mol. The van der Waals surface area contributed by atoms with Crippen molar-refractivity contribution in [3.63, 3.8) is 0 Å². The first-order chi connectivity index (χ1) is 10.7. The Hall–Kier alpha value is -1.15. The number of carbonyl (C=O) groups is 1. The lowest BCUT2D eigenvalue weighted by atomic mass is 10.2. The molecule has 0 bridgehead atoms. The van der Waals surface area contributed by atoms with Gasteiger partial charge in [-0.15, -0.1) is 0 Å². The van der Waals surface area contributed by atoms with Crippen molar-refractivity contribution in [2.24, 2.45) is 0 Å². The number of hydrogen-bond donors (Lipinski definition) is 0. The summed E-state index contributed by atoms with van der Waals surface area (Å²) in [5.74, 6) is 0.0269. The van der Waals surface area contributed by atoms with Crippen LogP contribution in [0.5, 0.6) is 0 Å². The van der Waals surface area contributed by atoms with Gasteiger partial charge in [-0.2, -0.15) is 4.31 Å². The van der Waals surface area contributed by atoms with E-state index in [0.29, 0.717) is 31.2 Å². The summed E-state index contributed by atoms with van der Waals surface area (Å²) in [4.78, 5) is 15.8. The van der Waals surface area contributed by atoms with Crippen LogP contribution in [-0.2, 0) is 14.8 Å². The Morgan fingerprint density at radius 3 is 2.13 bits per heavy atom. The Morgan fingerprint density at radius 1 is 1.13 bits per heavy atom. The summed E-state index contributed by atoms with van der Waals surface area (Å²) < 4.78 is 26.7. The highest BCUT2D eigenvalue weighted by Gasteiger charge is 2.32. The summed E-state index contributed by atoms with van der Waals surface area (Å²) >= 11 is 5.81. The van der Waals surface area contributed by atoms with Crippen molar-refractivity contribution in [3.8, 4) is 0 Å². The number of carbonyl (C=O) groups excluding carboxylic acids is 1. The predicted octanol–water partition coefficient (Wildman–Crippen LogP) is 1.12. The van der Waals surface area contributed by atoms with Gasteiger partial charge in [0, 0.05) is 45.3 Å². The molecule has 1 fully saturated rings. The second kappa shape index (κ2) is 7.17. The molecule has 0 radical (unpaired) electrons. The molecule has 1 amide bonds. The third-order valence-electron chi connectivity index (χ3n) is 4.07. The van der Waals surface area contributed by atoms with Crippen molar-refractivity contribution in [2.45, 2.75) is 17.9 Å². The molecule has 0 saturated carbocycles. The van der Waals surface area contributed by atoms with E-state index >= 15 is 0 Å². The van der Waals surface area contributed by atoms with Crippen molar-refractivity contribution < 1.29 is 13.2 Å². The number of hydrogen-bond acceptors (Lipinski definition) is 4. The smallest absolute Gasteiger partial charge is 0.243 e. The number of sulfonamides is 1. The number of benzene rings is 1. The van der Waals surface area contributed by atoms with Gasteiger partial charge in [-0.1, -0.05) is 11.6 Å². The lowest BCUT2D eigenvalue weighted by Gasteiger charge is -2.37. The molecular weight excluding hydrogens is 338 g/mol. The van der Waals surface area contributed by atoms with E-state index in [1.807, 2.05) is 11.8 Å². The molecule has 0 aliphatic carbocycles. The van der Waals surface area contributed by atoms with Gasteiger partial charge in [-0.05, 0) is 31.2 Å². The van der Waals surface area contributed by atoms with E-state index in [-0.39, 0.29) is 16.8 Å². The van der Waals surface area contributed by atoms with Gasteiger partial charge < -0.3 is 4.90 Å². The summed E-state index contributed by atoms with van der Waals surface area (Å²) in [5, 5.41) is 0.504. The number of halogens is 1. The molecule has 128 valence electrons. The molecule has 1 aromatic carbocycles. The van der Waals surface area contributed by atoms with E-state index in [4.69, 9.17) is 11.6 Å². The van der Waals surface area contributed by atoms with Gasteiger partial charge in [0.15, 0.2) is 0 Å². The summed E-state index contributed by atoms with van der Waals surface area (Å²) in [6.45, 7) is 3.67. The lowest BCUT2D eigenvalue weighted by Crippen LogP contribution is -2.54. The van der Waals surface area contributed by atoms with E-state index in [0.717, 1.165) is 0 Å². The Bertz CT molecular complexity index is 653. The number of likely N-dealkylation sites (N-methyl/N-ethyl adjacent to an activating group) is 1. The standard InChI is InChI=1S/C15H22ClN3O3S/c1-12(15(20)17(2)3)18-8-10-19(11-9-18)23(21,22)14-6-4-13(16)5-7-14/h4-7,12H,8-11H2,1-3H3/t12-/m0/s1. The van der Waals surface area contributed by atoms with Gasteiger partial charge in [-0.25, -0.2) is 8.42 Å². The minimum Gasteiger partial charge on any atom is -0.347 e. The summed E-state index contributed by atoms with van der Waals surface area (Å²) in [5.41, 5.74) is 0. The van der Waals surface area contributed by atoms with Gasteiger partial charge in [-0.3, -0.25) is 9.69 Å². The second-order valence-electron chi connectivity index (χ2n) is 5.80. The molecule has 6 nitrogen and oxygen atoms in total. The quantitative estimate of drug-likeness (QED) is 0.808. The average molecular weight is 360 g/mol. The largest absolute Gasteiger partial charge is 0.347 e. The first kappa shape index (κ1) is 18.2. The molecule has 0 aromatic heterocycles. The first-order valence-electron chi connectivity index (χ1n) is 7.44. The fourth-order valence-corrected chi connectivity index (χ4v) is 4.16. The number of amides is 1. The van der Waals surface area contributed by atoms with E-state index < -0.39 is 10.0 Å².